The van der Waals surface area contributed by atoms with E-state index in [1.807, 2.05) is 25.1 Å². The number of aromatic nitrogens is 1. The molecule has 0 aliphatic heterocycles. The molecule has 0 unspecified atom stereocenters. The van der Waals surface area contributed by atoms with E-state index in [2.05, 4.69) is 24.3 Å². The number of anilines is 1. The Morgan fingerprint density at radius 1 is 1.29 bits per heavy atom. The Kier molecular flexibility index (Phi) is 7.17. The van der Waals surface area contributed by atoms with Crippen LogP contribution >= 0.6 is 11.6 Å². The van der Waals surface area contributed by atoms with Gasteiger partial charge in [0.2, 0.25) is 5.91 Å². The standard InChI is InChI=1S/C23H31ClN2O2/c1-15(2)6-4-5-7-21-23(17-9-10-17)20(26-28-21)12-13-22(27)25-19-11-8-16(3)14-18(19)24/h8,11,14-15,17H,4-7,9-10,12-13H2,1-3H3,(H,25,27). The highest BCUT2D eigenvalue weighted by Gasteiger charge is 2.32. The first-order valence-electron chi connectivity index (χ1n) is 10.5. The third-order valence-corrected chi connectivity index (χ3v) is 5.60. The third-order valence-electron chi connectivity index (χ3n) is 5.29. The molecule has 3 rings (SSSR count). The summed E-state index contributed by atoms with van der Waals surface area (Å²) in [6.45, 7) is 6.50. The van der Waals surface area contributed by atoms with Crippen LogP contribution in [0, 0.1) is 12.8 Å². The van der Waals surface area contributed by atoms with Crippen molar-refractivity contribution in [1.82, 2.24) is 5.16 Å². The van der Waals surface area contributed by atoms with Crippen LogP contribution in [-0.4, -0.2) is 11.1 Å². The van der Waals surface area contributed by atoms with E-state index in [1.165, 1.54) is 31.2 Å². The van der Waals surface area contributed by atoms with Crippen molar-refractivity contribution < 1.29 is 9.32 Å². The van der Waals surface area contributed by atoms with Crippen molar-refractivity contribution in [2.24, 2.45) is 5.92 Å². The van der Waals surface area contributed by atoms with Gasteiger partial charge in [-0.25, -0.2) is 0 Å². The highest BCUT2D eigenvalue weighted by Crippen LogP contribution is 2.44. The minimum atomic E-state index is -0.0472. The van der Waals surface area contributed by atoms with E-state index in [1.54, 1.807) is 0 Å². The highest BCUT2D eigenvalue weighted by molar-refractivity contribution is 6.33. The zero-order valence-corrected chi connectivity index (χ0v) is 17.9. The largest absolute Gasteiger partial charge is 0.361 e. The second-order valence-corrected chi connectivity index (χ2v) is 8.82. The average molecular weight is 403 g/mol. The third kappa shape index (κ3) is 5.84. The minimum absolute atomic E-state index is 0.0472. The second kappa shape index (κ2) is 9.60. The van der Waals surface area contributed by atoms with Crippen LogP contribution in [0.3, 0.4) is 0 Å². The fraction of sp³-hybridized carbons (Fsp3) is 0.565. The molecule has 0 radical (unpaired) electrons. The Hall–Kier alpha value is -1.81. The molecule has 1 aliphatic rings. The maximum Gasteiger partial charge on any atom is 0.224 e. The van der Waals surface area contributed by atoms with Crippen molar-refractivity contribution >= 4 is 23.2 Å². The zero-order valence-electron chi connectivity index (χ0n) is 17.2. The molecule has 0 bridgehead atoms. The Balaban J connectivity index is 1.55. The molecule has 0 atom stereocenters. The molecule has 28 heavy (non-hydrogen) atoms. The van der Waals surface area contributed by atoms with Crippen molar-refractivity contribution in [2.45, 2.75) is 78.1 Å². The van der Waals surface area contributed by atoms with Gasteiger partial charge in [-0.2, -0.15) is 0 Å². The molecular formula is C23H31ClN2O2. The fourth-order valence-electron chi connectivity index (χ4n) is 3.57. The molecule has 5 heteroatoms. The van der Waals surface area contributed by atoms with Crippen LogP contribution in [0.2, 0.25) is 5.02 Å². The fourth-order valence-corrected chi connectivity index (χ4v) is 3.85. The van der Waals surface area contributed by atoms with Crippen LogP contribution in [0.25, 0.3) is 0 Å². The summed E-state index contributed by atoms with van der Waals surface area (Å²) in [7, 11) is 0. The average Bonchev–Trinajstić information content (AvgIpc) is 3.40. The Bertz CT molecular complexity index is 809. The number of hydrogen-bond donors (Lipinski definition) is 1. The lowest BCUT2D eigenvalue weighted by Gasteiger charge is -2.08. The number of carbonyl (C=O) groups excluding carboxylic acids is 1. The van der Waals surface area contributed by atoms with Crippen LogP contribution in [0.15, 0.2) is 22.7 Å². The van der Waals surface area contributed by atoms with Gasteiger partial charge in [-0.3, -0.25) is 4.79 Å². The maximum atomic E-state index is 12.4. The monoisotopic (exact) mass is 402 g/mol. The van der Waals surface area contributed by atoms with Crippen molar-refractivity contribution in [1.29, 1.82) is 0 Å². The van der Waals surface area contributed by atoms with Gasteiger partial charge in [-0.15, -0.1) is 0 Å². The smallest absolute Gasteiger partial charge is 0.224 e. The number of rotatable bonds is 10. The molecule has 1 fully saturated rings. The number of hydrogen-bond acceptors (Lipinski definition) is 3. The van der Waals surface area contributed by atoms with Crippen molar-refractivity contribution in [2.75, 3.05) is 5.32 Å². The summed E-state index contributed by atoms with van der Waals surface area (Å²) in [5.41, 5.74) is 3.98. The van der Waals surface area contributed by atoms with Crippen LogP contribution in [0.1, 0.15) is 80.9 Å². The number of nitrogens with one attached hydrogen (secondary N) is 1. The Labute approximate surface area is 173 Å². The van der Waals surface area contributed by atoms with Crippen LogP contribution in [0.5, 0.6) is 0 Å². The SMILES string of the molecule is Cc1ccc(NC(=O)CCc2noc(CCCCC(C)C)c2C2CC2)c(Cl)c1. The molecule has 1 aliphatic carbocycles. The molecule has 152 valence electrons. The van der Waals surface area contributed by atoms with Crippen LogP contribution in [-0.2, 0) is 17.6 Å². The molecule has 1 heterocycles. The van der Waals surface area contributed by atoms with Gasteiger partial charge in [0.15, 0.2) is 0 Å². The van der Waals surface area contributed by atoms with Gasteiger partial charge in [0.05, 0.1) is 16.4 Å². The Morgan fingerprint density at radius 3 is 2.75 bits per heavy atom. The number of amides is 1. The summed E-state index contributed by atoms with van der Waals surface area (Å²) in [5.74, 6) is 2.32. The highest BCUT2D eigenvalue weighted by atomic mass is 35.5. The predicted octanol–water partition coefficient (Wildman–Crippen LogP) is 6.45. The molecule has 0 saturated heterocycles. The summed E-state index contributed by atoms with van der Waals surface area (Å²) >= 11 is 6.21. The van der Waals surface area contributed by atoms with Gasteiger partial charge >= 0.3 is 0 Å². The normalized spacial score (nSPS) is 13.9. The zero-order chi connectivity index (χ0) is 20.1. The van der Waals surface area contributed by atoms with E-state index in [9.17, 15) is 4.79 Å². The van der Waals surface area contributed by atoms with Crippen LogP contribution < -0.4 is 5.32 Å². The van der Waals surface area contributed by atoms with Gasteiger partial charge in [0, 0.05) is 24.8 Å². The van der Waals surface area contributed by atoms with E-state index in [4.69, 9.17) is 16.1 Å². The van der Waals surface area contributed by atoms with E-state index < -0.39 is 0 Å². The number of halogens is 1. The van der Waals surface area contributed by atoms with Crippen molar-refractivity contribution in [3.05, 3.63) is 45.8 Å². The number of nitrogens with zero attached hydrogens (tertiary/aromatic N) is 1. The van der Waals surface area contributed by atoms with Gasteiger partial charge in [-0.1, -0.05) is 49.5 Å². The molecule has 1 N–H and O–H groups in total. The summed E-state index contributed by atoms with van der Waals surface area (Å²) < 4.78 is 5.68. The molecule has 2 aromatic rings. The molecule has 4 nitrogen and oxygen atoms in total. The summed E-state index contributed by atoms with van der Waals surface area (Å²) in [6, 6.07) is 5.64. The summed E-state index contributed by atoms with van der Waals surface area (Å²) in [4.78, 5) is 12.4. The van der Waals surface area contributed by atoms with E-state index >= 15 is 0 Å². The lowest BCUT2D eigenvalue weighted by Crippen LogP contribution is -2.13. The van der Waals surface area contributed by atoms with Gasteiger partial charge < -0.3 is 9.84 Å². The number of carbonyl (C=O) groups is 1. The molecule has 1 aromatic carbocycles. The Morgan fingerprint density at radius 2 is 2.07 bits per heavy atom. The first-order chi connectivity index (χ1) is 13.4. The molecule has 1 amide bonds. The van der Waals surface area contributed by atoms with Gasteiger partial charge in [-0.05, 0) is 55.7 Å². The topological polar surface area (TPSA) is 55.1 Å². The molecule has 0 spiro atoms. The van der Waals surface area contributed by atoms with E-state index in [0.29, 0.717) is 29.5 Å². The van der Waals surface area contributed by atoms with Gasteiger partial charge in [0.1, 0.15) is 5.76 Å². The van der Waals surface area contributed by atoms with Gasteiger partial charge in [0.25, 0.3) is 0 Å². The molecule has 1 saturated carbocycles. The predicted molar refractivity (Wildman–Crippen MR) is 114 cm³/mol. The van der Waals surface area contributed by atoms with Crippen LogP contribution in [0.4, 0.5) is 5.69 Å². The van der Waals surface area contributed by atoms with E-state index in [-0.39, 0.29) is 5.91 Å². The quantitative estimate of drug-likeness (QED) is 0.464. The summed E-state index contributed by atoms with van der Waals surface area (Å²) in [5, 5.41) is 7.79. The van der Waals surface area contributed by atoms with Crippen molar-refractivity contribution in [3.63, 3.8) is 0 Å². The number of unbranched alkanes of at least 4 members (excludes halogenated alkanes) is 1. The number of aryl methyl sites for hydroxylation is 3. The number of benzene rings is 1. The first kappa shape index (κ1) is 20.9. The second-order valence-electron chi connectivity index (χ2n) is 8.41. The lowest BCUT2D eigenvalue weighted by molar-refractivity contribution is -0.116. The lowest BCUT2D eigenvalue weighted by atomic mass is 10.00. The van der Waals surface area contributed by atoms with Crippen molar-refractivity contribution in [3.8, 4) is 0 Å². The molecular weight excluding hydrogens is 372 g/mol. The maximum absolute atomic E-state index is 12.4. The molecule has 1 aromatic heterocycles. The summed E-state index contributed by atoms with van der Waals surface area (Å²) in [6.07, 6.45) is 7.96. The van der Waals surface area contributed by atoms with E-state index in [0.717, 1.165) is 35.8 Å². The first-order valence-corrected chi connectivity index (χ1v) is 10.8. The minimum Gasteiger partial charge on any atom is -0.361 e.